The zero-order valence-corrected chi connectivity index (χ0v) is 16.9. The maximum absolute atomic E-state index is 13.1. The zero-order valence-electron chi connectivity index (χ0n) is 16.1. The Morgan fingerprint density at radius 1 is 1.21 bits per heavy atom. The largest absolute Gasteiger partial charge is 0.378 e. The number of nitrogens with one attached hydrogen (secondary N) is 1. The number of ether oxygens (including phenoxy) is 1. The van der Waals surface area contributed by atoms with E-state index in [1.54, 1.807) is 12.3 Å². The molecule has 1 N–H and O–H groups in total. The molecule has 1 amide bonds. The smallest absolute Gasteiger partial charge is 0.272 e. The fraction of sp³-hybridized carbons (Fsp3) is 0.409. The molecule has 2 bridgehead atoms. The molecular formula is C22H23ClN4O2. The van der Waals surface area contributed by atoms with Gasteiger partial charge in [0.2, 0.25) is 0 Å². The van der Waals surface area contributed by atoms with Gasteiger partial charge in [-0.25, -0.2) is 4.98 Å². The Bertz CT molecular complexity index is 981. The van der Waals surface area contributed by atoms with Gasteiger partial charge in [0.15, 0.2) is 0 Å². The van der Waals surface area contributed by atoms with Crippen molar-refractivity contribution in [2.75, 3.05) is 31.6 Å². The van der Waals surface area contributed by atoms with Crippen LogP contribution in [0, 0.1) is 11.3 Å². The molecule has 5 rings (SSSR count). The molecule has 0 radical (unpaired) electrons. The number of nitrogens with zero attached hydrogens (tertiary/aromatic N) is 3. The van der Waals surface area contributed by atoms with Crippen LogP contribution >= 0.6 is 12.4 Å². The minimum atomic E-state index is 0. The van der Waals surface area contributed by atoms with Gasteiger partial charge in [0.25, 0.3) is 5.91 Å². The first-order valence-electron chi connectivity index (χ1n) is 9.91. The summed E-state index contributed by atoms with van der Waals surface area (Å²) >= 11 is 0. The number of halogens is 1. The molecule has 1 saturated heterocycles. The van der Waals surface area contributed by atoms with Crippen molar-refractivity contribution < 1.29 is 9.53 Å². The monoisotopic (exact) mass is 410 g/mol. The van der Waals surface area contributed by atoms with E-state index >= 15 is 0 Å². The highest BCUT2D eigenvalue weighted by Gasteiger charge is 2.42. The molecule has 1 aliphatic heterocycles. The van der Waals surface area contributed by atoms with Crippen LogP contribution in [0.3, 0.4) is 0 Å². The highest BCUT2D eigenvalue weighted by Crippen LogP contribution is 2.56. The normalized spacial score (nSPS) is 21.8. The molecule has 0 spiro atoms. The van der Waals surface area contributed by atoms with Crippen LogP contribution in [0.1, 0.15) is 58.3 Å². The Morgan fingerprint density at radius 2 is 1.97 bits per heavy atom. The third-order valence-electron chi connectivity index (χ3n) is 6.18. The molecule has 7 heteroatoms. The molecule has 6 nitrogen and oxygen atoms in total. The average molecular weight is 411 g/mol. The average Bonchev–Trinajstić information content (AvgIpc) is 3.37. The summed E-state index contributed by atoms with van der Waals surface area (Å²) in [5.74, 6) is 0.950. The van der Waals surface area contributed by atoms with E-state index in [0.717, 1.165) is 29.8 Å². The Kier molecular flexibility index (Phi) is 5.44. The van der Waals surface area contributed by atoms with Gasteiger partial charge < -0.3 is 15.0 Å². The third-order valence-corrected chi connectivity index (χ3v) is 6.18. The Hall–Kier alpha value is -2.62. The number of pyridine rings is 1. The molecule has 29 heavy (non-hydrogen) atoms. The summed E-state index contributed by atoms with van der Waals surface area (Å²) in [7, 11) is 0. The van der Waals surface area contributed by atoms with E-state index in [0.29, 0.717) is 49.4 Å². The minimum Gasteiger partial charge on any atom is -0.378 e. The second kappa shape index (κ2) is 8.02. The number of anilines is 2. The highest BCUT2D eigenvalue weighted by molar-refractivity contribution is 5.95. The number of aromatic nitrogens is 1. The van der Waals surface area contributed by atoms with Gasteiger partial charge in [-0.3, -0.25) is 4.79 Å². The lowest BCUT2D eigenvalue weighted by Crippen LogP contribution is -2.41. The van der Waals surface area contributed by atoms with Crippen molar-refractivity contribution in [1.82, 2.24) is 9.88 Å². The standard InChI is InChI=1S/C22H22N4O2.ClH/c23-12-14-2-1-3-17(10-14)25-18-13-24-21(22(27)26-6-8-28-9-7-26)20-16-5-4-15(11-16)19(18)20;/h1-3,10,13,15-16,25H,4-9,11H2;1H. The minimum absolute atomic E-state index is 0. The molecule has 2 fully saturated rings. The maximum Gasteiger partial charge on any atom is 0.272 e. The van der Waals surface area contributed by atoms with Crippen LogP contribution < -0.4 is 5.32 Å². The fourth-order valence-electron chi connectivity index (χ4n) is 4.91. The number of amides is 1. The van der Waals surface area contributed by atoms with Gasteiger partial charge >= 0.3 is 0 Å². The fourth-order valence-corrected chi connectivity index (χ4v) is 4.91. The Labute approximate surface area is 176 Å². The topological polar surface area (TPSA) is 78.2 Å². The van der Waals surface area contributed by atoms with Gasteiger partial charge in [-0.2, -0.15) is 5.26 Å². The first-order valence-corrected chi connectivity index (χ1v) is 9.91. The van der Waals surface area contributed by atoms with Crippen molar-refractivity contribution in [3.05, 3.63) is 52.8 Å². The molecule has 1 aromatic heterocycles. The van der Waals surface area contributed by atoms with E-state index < -0.39 is 0 Å². The van der Waals surface area contributed by atoms with Crippen LogP contribution in [0.15, 0.2) is 30.5 Å². The summed E-state index contributed by atoms with van der Waals surface area (Å²) in [6.07, 6.45) is 5.21. The van der Waals surface area contributed by atoms with Gasteiger partial charge in [-0.05, 0) is 60.4 Å². The lowest BCUT2D eigenvalue weighted by Gasteiger charge is -2.29. The highest BCUT2D eigenvalue weighted by atomic mass is 35.5. The third kappa shape index (κ3) is 3.45. The van der Waals surface area contributed by atoms with E-state index in [1.165, 1.54) is 12.0 Å². The summed E-state index contributed by atoms with van der Waals surface area (Å²) < 4.78 is 5.38. The summed E-state index contributed by atoms with van der Waals surface area (Å²) in [6, 6.07) is 9.63. The second-order valence-corrected chi connectivity index (χ2v) is 7.78. The second-order valence-electron chi connectivity index (χ2n) is 7.78. The number of benzene rings is 1. The predicted octanol–water partition coefficient (Wildman–Crippen LogP) is 3.96. The van der Waals surface area contributed by atoms with E-state index in [-0.39, 0.29) is 18.3 Å². The van der Waals surface area contributed by atoms with Crippen LogP contribution in [-0.4, -0.2) is 42.1 Å². The van der Waals surface area contributed by atoms with E-state index in [4.69, 9.17) is 10.00 Å². The van der Waals surface area contributed by atoms with Crippen molar-refractivity contribution in [2.24, 2.45) is 0 Å². The van der Waals surface area contributed by atoms with Gasteiger partial charge in [0, 0.05) is 18.8 Å². The number of nitriles is 1. The van der Waals surface area contributed by atoms with Gasteiger partial charge in [-0.1, -0.05) is 6.07 Å². The van der Waals surface area contributed by atoms with Crippen LogP contribution in [0.2, 0.25) is 0 Å². The van der Waals surface area contributed by atoms with Crippen LogP contribution in [-0.2, 0) is 4.74 Å². The molecule has 2 atom stereocenters. The number of hydrogen-bond acceptors (Lipinski definition) is 5. The molecule has 1 aromatic carbocycles. The number of hydrogen-bond donors (Lipinski definition) is 1. The van der Waals surface area contributed by atoms with E-state index in [1.807, 2.05) is 23.1 Å². The Balaban J connectivity index is 0.00000205. The number of carbonyl (C=O) groups is 1. The molecule has 2 aliphatic carbocycles. The van der Waals surface area contributed by atoms with Crippen LogP contribution in [0.5, 0.6) is 0 Å². The van der Waals surface area contributed by atoms with Gasteiger partial charge in [0.1, 0.15) is 5.69 Å². The van der Waals surface area contributed by atoms with E-state index in [9.17, 15) is 4.79 Å². The van der Waals surface area contributed by atoms with Crippen molar-refractivity contribution >= 4 is 29.7 Å². The molecule has 150 valence electrons. The molecule has 3 aliphatic rings. The zero-order chi connectivity index (χ0) is 19.1. The summed E-state index contributed by atoms with van der Waals surface area (Å²) in [4.78, 5) is 19.6. The summed E-state index contributed by atoms with van der Waals surface area (Å²) in [5.41, 5.74) is 5.49. The number of morpholine rings is 1. The molecule has 1 saturated carbocycles. The predicted molar refractivity (Wildman–Crippen MR) is 112 cm³/mol. The number of rotatable bonds is 3. The van der Waals surface area contributed by atoms with Gasteiger partial charge in [0.05, 0.1) is 36.7 Å². The maximum atomic E-state index is 13.1. The quantitative estimate of drug-likeness (QED) is 0.828. The van der Waals surface area contributed by atoms with Crippen molar-refractivity contribution in [3.63, 3.8) is 0 Å². The lowest BCUT2D eigenvalue weighted by molar-refractivity contribution is 0.0298. The van der Waals surface area contributed by atoms with Crippen LogP contribution in [0.4, 0.5) is 11.4 Å². The van der Waals surface area contributed by atoms with Gasteiger partial charge in [-0.15, -0.1) is 12.4 Å². The summed E-state index contributed by atoms with van der Waals surface area (Å²) in [6.45, 7) is 2.44. The summed E-state index contributed by atoms with van der Waals surface area (Å²) in [5, 5.41) is 12.6. The van der Waals surface area contributed by atoms with Crippen molar-refractivity contribution in [2.45, 2.75) is 31.1 Å². The molecule has 2 aromatic rings. The molecule has 2 unspecified atom stereocenters. The lowest BCUT2D eigenvalue weighted by atomic mass is 9.89. The van der Waals surface area contributed by atoms with Crippen molar-refractivity contribution in [1.29, 1.82) is 5.26 Å². The molecular weight excluding hydrogens is 388 g/mol. The van der Waals surface area contributed by atoms with Crippen molar-refractivity contribution in [3.8, 4) is 6.07 Å². The first-order chi connectivity index (χ1) is 13.7. The van der Waals surface area contributed by atoms with Crippen LogP contribution in [0.25, 0.3) is 0 Å². The SMILES string of the molecule is Cl.N#Cc1cccc(Nc2cnc(C(=O)N3CCOCC3)c3c2C2CCC3C2)c1. The molecule has 2 heterocycles. The Morgan fingerprint density at radius 3 is 2.72 bits per heavy atom. The first kappa shape index (κ1) is 19.7. The number of carbonyl (C=O) groups excluding carboxylic acids is 1. The van der Waals surface area contributed by atoms with E-state index in [2.05, 4.69) is 16.4 Å². The number of fused-ring (bicyclic) bond motifs is 5.